The second-order valence-electron chi connectivity index (χ2n) is 19.3. The molecule has 0 aromatic heterocycles. The molecule has 0 saturated carbocycles. The normalized spacial score (nSPS) is 48.2. The summed E-state index contributed by atoms with van der Waals surface area (Å²) in [6.45, 7) is -0.761. The third kappa shape index (κ3) is 13.7. The fourth-order valence-corrected chi connectivity index (χ4v) is 9.86. The first-order chi connectivity index (χ1) is 35.9. The third-order valence-corrected chi connectivity index (χ3v) is 13.9. The lowest BCUT2D eigenvalue weighted by Crippen LogP contribution is -2.70. The number of aliphatic hydroxyl groups is 16. The van der Waals surface area contributed by atoms with Crippen molar-refractivity contribution in [1.82, 2.24) is 16.0 Å². The van der Waals surface area contributed by atoms with Crippen LogP contribution < -0.4 is 16.0 Å². The van der Waals surface area contributed by atoms with Gasteiger partial charge in [0, 0.05) is 20.8 Å². The second-order valence-corrected chi connectivity index (χ2v) is 19.3. The average Bonchev–Trinajstić information content (AvgIpc) is 3.38. The molecule has 0 aliphatic carbocycles. The molecule has 6 rings (SSSR count). The fraction of sp³-hybridized carbons (Fsp3) is 0.930. The predicted octanol–water partition coefficient (Wildman–Crippen LogP) is -12.6. The van der Waals surface area contributed by atoms with Gasteiger partial charge in [-0.1, -0.05) is 0 Å². The summed E-state index contributed by atoms with van der Waals surface area (Å²) >= 11 is 0. The van der Waals surface area contributed by atoms with E-state index in [-0.39, 0.29) is 0 Å². The highest BCUT2D eigenvalue weighted by Gasteiger charge is 2.58. The molecule has 30 atom stereocenters. The van der Waals surface area contributed by atoms with Gasteiger partial charge in [0.15, 0.2) is 31.5 Å². The molecule has 3 amide bonds. The van der Waals surface area contributed by atoms with E-state index in [1.807, 2.05) is 0 Å². The minimum Gasteiger partial charge on any atom is -0.394 e. The van der Waals surface area contributed by atoms with Crippen LogP contribution in [-0.2, 0) is 66.5 Å². The summed E-state index contributed by atoms with van der Waals surface area (Å²) in [5.74, 6) is -2.16. The minimum absolute atomic E-state index is 0.563. The Morgan fingerprint density at radius 2 is 0.737 bits per heavy atom. The van der Waals surface area contributed by atoms with Crippen LogP contribution >= 0.6 is 0 Å². The highest BCUT2D eigenvalue weighted by molar-refractivity contribution is 5.74. The van der Waals surface area contributed by atoms with Gasteiger partial charge in [-0.3, -0.25) is 14.4 Å². The fourth-order valence-electron chi connectivity index (χ4n) is 9.86. The van der Waals surface area contributed by atoms with Crippen molar-refractivity contribution in [3.05, 3.63) is 0 Å². The summed E-state index contributed by atoms with van der Waals surface area (Å²) in [5.41, 5.74) is 0. The SMILES string of the molecule is CC(=O)NC1[C@H](O[C@@H]2C(CO)O[C@@H](C)[C@@H](NC(C)=O)C2O)OC(CO)[C@@H](O[C@@H]2OC(CO[C@H]3OC(CO)[C@@H](O)C(O)[C@H]3O)[C@@H](O)[C@H](O[C@H]3O[C@H](CO)[C@@H](O)C(O)C3O[C@@H]3OC(CO)[C@@H](O)C(O)[C@@H]3NC(C)=O)C2O)[C@@H]1O. The van der Waals surface area contributed by atoms with E-state index in [4.69, 9.17) is 52.1 Å². The Kier molecular flexibility index (Phi) is 22.4. The molecule has 6 aliphatic heterocycles. The standard InChI is InChI=1S/C43H73N3O30/c1-11-21(44-12(2)52)29(60)35(18(8-50)67-11)73-40-23(46-14(4)54)30(61)36(19(9-51)71-40)74-42-34(65)37(27(58)20(72-42)10-66-41-33(64)31(62)25(56)16(6-48)69-41)75-43-38(32(63)26(57)17(7-49)70-43)76-39-22(45-13(3)53)28(59)24(55)15(5-47)68-39/h11,15-43,47-51,55-65H,5-10H2,1-4H3,(H,44,52)(H,45,53)(H,46,54)/t11-,15?,16?,17+,18?,19?,20?,21+,22-,23?,24+,25+,26+,27+,28?,29?,30+,31?,32?,33+,34?,35+,36+,37-,38?,39-,40-,41-,42-,43+/m0/s1. The van der Waals surface area contributed by atoms with Gasteiger partial charge in [0.25, 0.3) is 0 Å². The Labute approximate surface area is 432 Å². The van der Waals surface area contributed by atoms with Gasteiger partial charge >= 0.3 is 0 Å². The maximum atomic E-state index is 12.7. The van der Waals surface area contributed by atoms with Crippen LogP contribution in [0, 0.1) is 0 Å². The van der Waals surface area contributed by atoms with Crippen molar-refractivity contribution in [3.8, 4) is 0 Å². The third-order valence-electron chi connectivity index (χ3n) is 13.9. The first kappa shape index (κ1) is 62.5. The van der Waals surface area contributed by atoms with Gasteiger partial charge in [-0.15, -0.1) is 0 Å². The Bertz CT molecular complexity index is 1870. The Morgan fingerprint density at radius 3 is 1.26 bits per heavy atom. The van der Waals surface area contributed by atoms with E-state index in [1.54, 1.807) is 0 Å². The van der Waals surface area contributed by atoms with Crippen LogP contribution in [0.4, 0.5) is 0 Å². The molecule has 33 nitrogen and oxygen atoms in total. The number of hydrogen-bond donors (Lipinski definition) is 19. The molecule has 12 unspecified atom stereocenters. The zero-order chi connectivity index (χ0) is 56.2. The highest BCUT2D eigenvalue weighted by atomic mass is 16.8. The highest BCUT2D eigenvalue weighted by Crippen LogP contribution is 2.37. The van der Waals surface area contributed by atoms with E-state index in [2.05, 4.69) is 16.0 Å². The molecule has 6 aliphatic rings. The van der Waals surface area contributed by atoms with Crippen LogP contribution in [0.1, 0.15) is 27.7 Å². The van der Waals surface area contributed by atoms with Gasteiger partial charge < -0.3 is 150 Å². The molecule has 0 spiro atoms. The number of amides is 3. The quantitative estimate of drug-likeness (QED) is 0.0571. The lowest BCUT2D eigenvalue weighted by Gasteiger charge is -2.51. The zero-order valence-corrected chi connectivity index (χ0v) is 41.4. The van der Waals surface area contributed by atoms with Gasteiger partial charge in [0.1, 0.15) is 140 Å². The van der Waals surface area contributed by atoms with E-state index in [9.17, 15) is 96.1 Å². The van der Waals surface area contributed by atoms with E-state index in [0.29, 0.717) is 0 Å². The van der Waals surface area contributed by atoms with Crippen LogP contribution in [0.2, 0.25) is 0 Å². The molecule has 33 heteroatoms. The number of rotatable bonds is 19. The number of ether oxygens (including phenoxy) is 11. The van der Waals surface area contributed by atoms with Gasteiger partial charge in [0.05, 0.1) is 51.8 Å². The number of carbonyl (C=O) groups excluding carboxylic acids is 3. The first-order valence-corrected chi connectivity index (χ1v) is 24.4. The average molecular weight is 1110 g/mol. The minimum atomic E-state index is -2.32. The summed E-state index contributed by atoms with van der Waals surface area (Å²) in [6, 6.07) is -4.47. The number of hydrogen-bond acceptors (Lipinski definition) is 30. The lowest BCUT2D eigenvalue weighted by molar-refractivity contribution is -0.394. The zero-order valence-electron chi connectivity index (χ0n) is 41.4. The Hall–Kier alpha value is -2.67. The van der Waals surface area contributed by atoms with E-state index < -0.39 is 241 Å². The summed E-state index contributed by atoms with van der Waals surface area (Å²) < 4.78 is 64.4. The number of carbonyl (C=O) groups is 3. The summed E-state index contributed by atoms with van der Waals surface area (Å²) in [4.78, 5) is 36.9. The molecule has 0 radical (unpaired) electrons. The lowest BCUT2D eigenvalue weighted by atomic mass is 9.92. The monoisotopic (exact) mass is 1110 g/mol. The van der Waals surface area contributed by atoms with Crippen molar-refractivity contribution >= 4 is 17.7 Å². The smallest absolute Gasteiger partial charge is 0.217 e. The topological polar surface area (TPSA) is 513 Å². The van der Waals surface area contributed by atoms with E-state index in [1.165, 1.54) is 13.8 Å². The predicted molar refractivity (Wildman–Crippen MR) is 237 cm³/mol. The molecule has 76 heavy (non-hydrogen) atoms. The maximum absolute atomic E-state index is 12.7. The molecular formula is C43H73N3O30. The van der Waals surface area contributed by atoms with E-state index >= 15 is 0 Å². The largest absolute Gasteiger partial charge is 0.394 e. The van der Waals surface area contributed by atoms with Gasteiger partial charge in [-0.2, -0.15) is 0 Å². The van der Waals surface area contributed by atoms with Crippen LogP contribution in [-0.4, -0.2) is 323 Å². The van der Waals surface area contributed by atoms with Gasteiger partial charge in [-0.05, 0) is 6.92 Å². The summed E-state index contributed by atoms with van der Waals surface area (Å²) in [7, 11) is 0. The van der Waals surface area contributed by atoms with Crippen LogP contribution in [0.15, 0.2) is 0 Å². The van der Waals surface area contributed by atoms with Crippen LogP contribution in [0.3, 0.4) is 0 Å². The first-order valence-electron chi connectivity index (χ1n) is 24.4. The van der Waals surface area contributed by atoms with Crippen molar-refractivity contribution in [1.29, 1.82) is 0 Å². The van der Waals surface area contributed by atoms with Crippen molar-refractivity contribution < 1.29 is 148 Å². The van der Waals surface area contributed by atoms with Crippen LogP contribution in [0.25, 0.3) is 0 Å². The van der Waals surface area contributed by atoms with Gasteiger partial charge in [-0.25, -0.2) is 0 Å². The van der Waals surface area contributed by atoms with Crippen LogP contribution in [0.5, 0.6) is 0 Å². The van der Waals surface area contributed by atoms with Crippen molar-refractivity contribution in [2.24, 2.45) is 0 Å². The van der Waals surface area contributed by atoms with Crippen molar-refractivity contribution in [2.45, 2.75) is 212 Å². The molecule has 0 bridgehead atoms. The van der Waals surface area contributed by atoms with Crippen molar-refractivity contribution in [3.63, 3.8) is 0 Å². The second kappa shape index (κ2) is 27.2. The molecule has 6 heterocycles. The van der Waals surface area contributed by atoms with Gasteiger partial charge in [0.2, 0.25) is 17.7 Å². The Morgan fingerprint density at radius 1 is 0.355 bits per heavy atom. The molecular weight excluding hydrogens is 1040 g/mol. The molecule has 440 valence electrons. The molecule has 19 N–H and O–H groups in total. The van der Waals surface area contributed by atoms with Crippen molar-refractivity contribution in [2.75, 3.05) is 39.6 Å². The Balaban J connectivity index is 1.33. The molecule has 0 aromatic carbocycles. The summed E-state index contributed by atoms with van der Waals surface area (Å²) in [6.07, 6.45) is -49.9. The maximum Gasteiger partial charge on any atom is 0.217 e. The summed E-state index contributed by atoms with van der Waals surface area (Å²) in [5, 5.41) is 181. The number of aliphatic hydroxyl groups excluding tert-OH is 16. The van der Waals surface area contributed by atoms with E-state index in [0.717, 1.165) is 13.8 Å². The molecule has 6 fully saturated rings. The number of nitrogens with one attached hydrogen (secondary N) is 3. The molecule has 0 aromatic rings. The molecule has 6 saturated heterocycles.